The van der Waals surface area contributed by atoms with Gasteiger partial charge in [-0.1, -0.05) is 6.07 Å². The molecule has 2 aliphatic heterocycles. The minimum absolute atomic E-state index is 0.121. The fourth-order valence-corrected chi connectivity index (χ4v) is 8.04. The molecule has 0 radical (unpaired) electrons. The molecular formula is C31H31F3N8S. The number of halogens is 3. The molecule has 6 heterocycles. The van der Waals surface area contributed by atoms with Crippen molar-refractivity contribution in [3.05, 3.63) is 69.7 Å². The molecule has 1 N–H and O–H groups in total. The molecule has 1 atom stereocenters. The van der Waals surface area contributed by atoms with Gasteiger partial charge in [0, 0.05) is 59.1 Å². The Morgan fingerprint density at radius 2 is 1.91 bits per heavy atom. The highest BCUT2D eigenvalue weighted by atomic mass is 32.1. The first kappa shape index (κ1) is 27.9. The van der Waals surface area contributed by atoms with E-state index in [0.29, 0.717) is 22.9 Å². The Labute approximate surface area is 250 Å². The number of nitriles is 1. The number of thiophene rings is 1. The van der Waals surface area contributed by atoms with Gasteiger partial charge in [0.05, 0.1) is 24.5 Å². The number of aromatic nitrogens is 5. The maximum absolute atomic E-state index is 13.1. The Morgan fingerprint density at radius 1 is 1.07 bits per heavy atom. The molecule has 2 fully saturated rings. The molecule has 2 saturated heterocycles. The van der Waals surface area contributed by atoms with Crippen LogP contribution in [0.3, 0.4) is 0 Å². The van der Waals surface area contributed by atoms with Gasteiger partial charge in [0.15, 0.2) is 0 Å². The fraction of sp³-hybridized carbons (Fsp3) is 0.419. The number of anilines is 1. The number of hydrogen-bond acceptors (Lipinski definition) is 7. The van der Waals surface area contributed by atoms with E-state index in [1.165, 1.54) is 11.1 Å². The molecule has 0 bridgehead atoms. The maximum atomic E-state index is 13.1. The van der Waals surface area contributed by atoms with Gasteiger partial charge in [0.2, 0.25) is 0 Å². The number of aryl methyl sites for hydroxylation is 2. The van der Waals surface area contributed by atoms with Gasteiger partial charge in [-0.25, -0.2) is 9.97 Å². The van der Waals surface area contributed by atoms with Crippen LogP contribution in [0.25, 0.3) is 21.1 Å². The molecule has 7 rings (SSSR count). The van der Waals surface area contributed by atoms with Crippen molar-refractivity contribution in [1.29, 1.82) is 5.26 Å². The molecule has 0 saturated carbocycles. The summed E-state index contributed by atoms with van der Waals surface area (Å²) in [4.78, 5) is 14.8. The molecule has 5 aromatic rings. The second-order valence-electron chi connectivity index (χ2n) is 12.1. The zero-order valence-corrected chi connectivity index (χ0v) is 24.8. The van der Waals surface area contributed by atoms with Crippen molar-refractivity contribution < 1.29 is 13.2 Å². The topological polar surface area (TPSA) is 89.7 Å². The van der Waals surface area contributed by atoms with Crippen LogP contribution in [0, 0.1) is 30.6 Å². The van der Waals surface area contributed by atoms with Crippen LogP contribution < -0.4 is 4.90 Å². The highest BCUT2D eigenvalue weighted by Gasteiger charge is 2.44. The second-order valence-corrected chi connectivity index (χ2v) is 13.2. The monoisotopic (exact) mass is 604 g/mol. The largest absolute Gasteiger partial charge is 0.393 e. The molecule has 1 unspecified atom stereocenters. The van der Waals surface area contributed by atoms with Crippen LogP contribution in [0.4, 0.5) is 19.0 Å². The number of nitrogens with one attached hydrogen (secondary N) is 1. The average Bonchev–Trinajstić information content (AvgIpc) is 3.78. The second kappa shape index (κ2) is 10.3. The predicted molar refractivity (Wildman–Crippen MR) is 160 cm³/mol. The van der Waals surface area contributed by atoms with E-state index in [1.54, 1.807) is 19.2 Å². The molecule has 1 spiro atoms. The highest BCUT2D eigenvalue weighted by Crippen LogP contribution is 2.43. The molecule has 2 aliphatic rings. The highest BCUT2D eigenvalue weighted by molar-refractivity contribution is 7.18. The summed E-state index contributed by atoms with van der Waals surface area (Å²) in [6.45, 7) is 8.97. The predicted octanol–water partition coefficient (Wildman–Crippen LogP) is 6.11. The minimum Gasteiger partial charge on any atom is -0.355 e. The summed E-state index contributed by atoms with van der Waals surface area (Å²) >= 11 is 1.11. The summed E-state index contributed by atoms with van der Waals surface area (Å²) in [5.41, 5.74) is 5.26. The van der Waals surface area contributed by atoms with E-state index < -0.39 is 12.6 Å². The lowest BCUT2D eigenvalue weighted by Crippen LogP contribution is -2.31. The number of nitrogens with zero attached hydrogens (tertiary/aromatic N) is 7. The van der Waals surface area contributed by atoms with Crippen LogP contribution in [-0.4, -0.2) is 62.0 Å². The number of benzene rings is 1. The van der Waals surface area contributed by atoms with Gasteiger partial charge in [-0.15, -0.1) is 11.3 Å². The fourth-order valence-electron chi connectivity index (χ4n) is 6.94. The number of rotatable bonds is 6. The van der Waals surface area contributed by atoms with Gasteiger partial charge in [-0.3, -0.25) is 10.00 Å². The zero-order chi connectivity index (χ0) is 29.9. The number of alkyl halides is 3. The number of aromatic amines is 1. The Balaban J connectivity index is 1.09. The lowest BCUT2D eigenvalue weighted by Gasteiger charge is -2.26. The number of H-pyrrole nitrogens is 1. The summed E-state index contributed by atoms with van der Waals surface area (Å²) < 4.78 is 41.3. The van der Waals surface area contributed by atoms with Crippen LogP contribution in [0.5, 0.6) is 0 Å². The average molecular weight is 605 g/mol. The summed E-state index contributed by atoms with van der Waals surface area (Å²) in [6.07, 6.45) is 0.529. The van der Waals surface area contributed by atoms with E-state index in [4.69, 9.17) is 4.98 Å². The van der Waals surface area contributed by atoms with E-state index in [9.17, 15) is 18.4 Å². The summed E-state index contributed by atoms with van der Waals surface area (Å²) in [5.74, 6) is 1.35. The summed E-state index contributed by atoms with van der Waals surface area (Å²) in [6, 6.07) is 10.3. The SMILES string of the molecule is Cc1nc(N2CCC3(CCN(Cc4ccc5c(cc(C#N)n5Cc5cn[nH]c5)c4C)C3)C2)c2cc(CC(F)(F)F)sc2n1. The third-order valence-corrected chi connectivity index (χ3v) is 10.1. The van der Waals surface area contributed by atoms with Crippen molar-refractivity contribution in [2.45, 2.75) is 52.4 Å². The molecule has 43 heavy (non-hydrogen) atoms. The normalized spacial score (nSPS) is 19.4. The molecule has 1 aromatic carbocycles. The number of likely N-dealkylation sites (tertiary alicyclic amines) is 1. The van der Waals surface area contributed by atoms with E-state index in [1.807, 2.05) is 16.8 Å². The Morgan fingerprint density at radius 3 is 2.67 bits per heavy atom. The molecular weight excluding hydrogens is 573 g/mol. The minimum atomic E-state index is -4.25. The van der Waals surface area contributed by atoms with Crippen LogP contribution in [0.2, 0.25) is 0 Å². The third kappa shape index (κ3) is 5.25. The van der Waals surface area contributed by atoms with E-state index >= 15 is 0 Å². The molecule has 0 aliphatic carbocycles. The molecule has 4 aromatic heterocycles. The Kier molecular flexibility index (Phi) is 6.70. The molecule has 12 heteroatoms. The van der Waals surface area contributed by atoms with Crippen LogP contribution in [0.1, 0.15) is 45.9 Å². The van der Waals surface area contributed by atoms with E-state index in [0.717, 1.165) is 84.6 Å². The smallest absolute Gasteiger partial charge is 0.355 e. The Hall–Kier alpha value is -3.95. The van der Waals surface area contributed by atoms with E-state index in [-0.39, 0.29) is 10.3 Å². The van der Waals surface area contributed by atoms with Crippen molar-refractivity contribution in [2.75, 3.05) is 31.1 Å². The third-order valence-electron chi connectivity index (χ3n) is 9.04. The van der Waals surface area contributed by atoms with Crippen LogP contribution >= 0.6 is 11.3 Å². The number of hydrogen-bond donors (Lipinski definition) is 1. The first-order valence-electron chi connectivity index (χ1n) is 14.4. The van der Waals surface area contributed by atoms with Crippen molar-refractivity contribution in [3.63, 3.8) is 0 Å². The van der Waals surface area contributed by atoms with Crippen LogP contribution in [-0.2, 0) is 19.5 Å². The number of fused-ring (bicyclic) bond motifs is 2. The lowest BCUT2D eigenvalue weighted by molar-refractivity contribution is -0.126. The van der Waals surface area contributed by atoms with E-state index in [2.05, 4.69) is 50.1 Å². The van der Waals surface area contributed by atoms with Crippen LogP contribution in [0.15, 0.2) is 36.7 Å². The van der Waals surface area contributed by atoms with Crippen molar-refractivity contribution >= 4 is 38.3 Å². The van der Waals surface area contributed by atoms with Crippen molar-refractivity contribution in [3.8, 4) is 6.07 Å². The zero-order valence-electron chi connectivity index (χ0n) is 24.0. The molecule has 222 valence electrons. The van der Waals surface area contributed by atoms with Gasteiger partial charge in [0.25, 0.3) is 0 Å². The summed E-state index contributed by atoms with van der Waals surface area (Å²) in [7, 11) is 0. The van der Waals surface area contributed by atoms with Gasteiger partial charge in [-0.05, 0) is 62.6 Å². The Bertz CT molecular complexity index is 1870. The quantitative estimate of drug-likeness (QED) is 0.252. The molecule has 8 nitrogen and oxygen atoms in total. The van der Waals surface area contributed by atoms with Crippen molar-refractivity contribution in [2.24, 2.45) is 5.41 Å². The van der Waals surface area contributed by atoms with Gasteiger partial charge >= 0.3 is 6.18 Å². The first-order valence-corrected chi connectivity index (χ1v) is 15.2. The van der Waals surface area contributed by atoms with Gasteiger partial charge in [-0.2, -0.15) is 23.5 Å². The molecule has 0 amide bonds. The lowest BCUT2D eigenvalue weighted by atomic mass is 9.86. The van der Waals surface area contributed by atoms with Crippen molar-refractivity contribution in [1.82, 2.24) is 29.6 Å². The maximum Gasteiger partial charge on any atom is 0.393 e. The standard InChI is InChI=1S/C31H31F3N8S/c1-19-22(3-4-27-25(19)9-23(12-35)42(27)15-21-13-36-37-14-21)16-40-7-5-30(17-40)6-8-41(18-30)28-26-10-24(11-31(32,33)34)43-29(26)39-20(2)38-28/h3-4,9-10,13-14H,5-8,11,15-18H2,1-2H3,(H,36,37). The van der Waals surface area contributed by atoms with Gasteiger partial charge in [0.1, 0.15) is 28.2 Å². The first-order chi connectivity index (χ1) is 20.6. The summed E-state index contributed by atoms with van der Waals surface area (Å²) in [5, 5.41) is 18.5. The van der Waals surface area contributed by atoms with Gasteiger partial charge < -0.3 is 9.47 Å².